The molecule has 13 heteroatoms. The zero-order valence-corrected chi connectivity index (χ0v) is 20.4. The van der Waals surface area contributed by atoms with Gasteiger partial charge < -0.3 is 24.4 Å². The van der Waals surface area contributed by atoms with Crippen molar-refractivity contribution in [1.29, 1.82) is 0 Å². The zero-order chi connectivity index (χ0) is 26.0. The number of carbonyl (C=O) groups is 1. The molecule has 1 amide bonds. The Morgan fingerprint density at radius 1 is 1.25 bits per heavy atom. The van der Waals surface area contributed by atoms with Crippen LogP contribution in [0.2, 0.25) is 5.02 Å². The van der Waals surface area contributed by atoms with E-state index < -0.39 is 30.2 Å². The molecule has 1 fully saturated rings. The van der Waals surface area contributed by atoms with Crippen LogP contribution in [0.4, 0.5) is 29.5 Å². The van der Waals surface area contributed by atoms with Crippen molar-refractivity contribution in [2.45, 2.75) is 45.5 Å². The van der Waals surface area contributed by atoms with Crippen molar-refractivity contribution in [3.8, 4) is 11.6 Å². The quantitative estimate of drug-likeness (QED) is 0.447. The molecule has 1 atom stereocenters. The lowest BCUT2D eigenvalue weighted by Gasteiger charge is -2.24. The van der Waals surface area contributed by atoms with Crippen molar-refractivity contribution in [3.05, 3.63) is 41.4 Å². The van der Waals surface area contributed by atoms with Gasteiger partial charge in [-0.15, -0.1) is 0 Å². The summed E-state index contributed by atoms with van der Waals surface area (Å²) in [5.41, 5.74) is 0.188. The Morgan fingerprint density at radius 2 is 2.03 bits per heavy atom. The third kappa shape index (κ3) is 6.17. The molecule has 0 bridgehead atoms. The largest absolute Gasteiger partial charge is 0.470 e. The number of rotatable bonds is 6. The van der Waals surface area contributed by atoms with Crippen molar-refractivity contribution in [2.75, 3.05) is 18.4 Å². The number of benzene rings is 1. The lowest BCUT2D eigenvalue weighted by atomic mass is 10.2. The molecule has 0 radical (unpaired) electrons. The number of likely N-dealkylation sites (tertiary alicyclic amines) is 1. The summed E-state index contributed by atoms with van der Waals surface area (Å²) in [6.45, 7) is 2.93. The van der Waals surface area contributed by atoms with Gasteiger partial charge in [0.05, 0.1) is 17.1 Å². The molecule has 1 aliphatic heterocycles. The lowest BCUT2D eigenvalue weighted by Crippen LogP contribution is -2.36. The molecule has 192 valence electrons. The molecule has 2 aromatic heterocycles. The average Bonchev–Trinajstić information content (AvgIpc) is 3.24. The van der Waals surface area contributed by atoms with Gasteiger partial charge >= 0.3 is 12.7 Å². The van der Waals surface area contributed by atoms with Crippen LogP contribution in [0.25, 0.3) is 11.0 Å². The topological polar surface area (TPSA) is 98.7 Å². The molecule has 36 heavy (non-hydrogen) atoms. The summed E-state index contributed by atoms with van der Waals surface area (Å²) in [5.74, 6) is -0.961. The normalized spacial score (nSPS) is 15.9. The number of fused-ring (bicyclic) bond motifs is 1. The first-order valence-electron chi connectivity index (χ1n) is 11.0. The second-order valence-electron chi connectivity index (χ2n) is 8.97. The van der Waals surface area contributed by atoms with Gasteiger partial charge in [0.1, 0.15) is 29.3 Å². The molecule has 1 aliphatic rings. The van der Waals surface area contributed by atoms with E-state index >= 15 is 0 Å². The van der Waals surface area contributed by atoms with Crippen LogP contribution in [0.1, 0.15) is 27.2 Å². The Labute approximate surface area is 209 Å². The minimum Gasteiger partial charge on any atom is -0.470 e. The Hall–Kier alpha value is -3.54. The predicted octanol–water partition coefficient (Wildman–Crippen LogP) is 5.55. The maximum Gasteiger partial charge on any atom is 0.410 e. The third-order valence-electron chi connectivity index (χ3n) is 5.02. The molecule has 1 N–H and O–H groups in total. The van der Waals surface area contributed by atoms with Crippen LogP contribution in [0.5, 0.6) is 11.6 Å². The molecular formula is C23H23ClF3N5O4. The number of nitrogens with zero attached hydrogens (tertiary/aromatic N) is 4. The number of alkyl halides is 2. The number of carbonyl (C=O) groups excluding carboxylic acids is 1. The minimum absolute atomic E-state index is 0.0440. The van der Waals surface area contributed by atoms with Gasteiger partial charge in [0.2, 0.25) is 0 Å². The fourth-order valence-corrected chi connectivity index (χ4v) is 3.73. The molecular weight excluding hydrogens is 503 g/mol. The molecule has 0 spiro atoms. The van der Waals surface area contributed by atoms with Gasteiger partial charge in [0, 0.05) is 24.7 Å². The van der Waals surface area contributed by atoms with Crippen LogP contribution < -0.4 is 14.8 Å². The molecule has 9 nitrogen and oxygen atoms in total. The smallest absolute Gasteiger partial charge is 0.410 e. The fourth-order valence-electron chi connectivity index (χ4n) is 3.50. The number of amides is 1. The van der Waals surface area contributed by atoms with Crippen LogP contribution in [0, 0.1) is 5.82 Å². The van der Waals surface area contributed by atoms with Crippen LogP contribution in [0.3, 0.4) is 0 Å². The van der Waals surface area contributed by atoms with Crippen LogP contribution in [-0.2, 0) is 4.74 Å². The molecule has 3 heterocycles. The van der Waals surface area contributed by atoms with Crippen LogP contribution >= 0.6 is 11.6 Å². The highest BCUT2D eigenvalue weighted by Gasteiger charge is 2.31. The van der Waals surface area contributed by atoms with Gasteiger partial charge in [-0.25, -0.2) is 24.1 Å². The molecule has 1 saturated heterocycles. The summed E-state index contributed by atoms with van der Waals surface area (Å²) < 4.78 is 55.2. The molecule has 0 aliphatic carbocycles. The van der Waals surface area contributed by atoms with E-state index in [1.165, 1.54) is 29.4 Å². The monoisotopic (exact) mass is 525 g/mol. The summed E-state index contributed by atoms with van der Waals surface area (Å²) >= 11 is 6.02. The van der Waals surface area contributed by atoms with E-state index in [1.54, 1.807) is 20.8 Å². The van der Waals surface area contributed by atoms with Crippen molar-refractivity contribution in [1.82, 2.24) is 19.9 Å². The molecule has 1 aromatic carbocycles. The number of halogens is 4. The number of hydrogen-bond donors (Lipinski definition) is 1. The van der Waals surface area contributed by atoms with Gasteiger partial charge in [-0.2, -0.15) is 8.78 Å². The molecule has 3 aromatic rings. The van der Waals surface area contributed by atoms with Crippen LogP contribution in [-0.4, -0.2) is 57.4 Å². The molecule has 0 saturated carbocycles. The zero-order valence-electron chi connectivity index (χ0n) is 19.6. The summed E-state index contributed by atoms with van der Waals surface area (Å²) in [7, 11) is 0. The van der Waals surface area contributed by atoms with E-state index in [-0.39, 0.29) is 40.0 Å². The maximum atomic E-state index is 14.7. The number of nitrogens with one attached hydrogen (secondary N) is 1. The molecule has 4 rings (SSSR count). The third-order valence-corrected chi connectivity index (χ3v) is 5.31. The van der Waals surface area contributed by atoms with Gasteiger partial charge in [0.15, 0.2) is 11.6 Å². The SMILES string of the molecule is CC(C)(C)OC(=O)N1CC[C@H](Oc2nc3c(Nc4ccc(OC(F)F)c(Cl)c4)ncnc3cc2F)C1. The number of aromatic nitrogens is 3. The van der Waals surface area contributed by atoms with Gasteiger partial charge in [-0.1, -0.05) is 11.6 Å². The first kappa shape index (κ1) is 25.5. The van der Waals surface area contributed by atoms with E-state index in [1.807, 2.05) is 0 Å². The second-order valence-corrected chi connectivity index (χ2v) is 9.38. The van der Waals surface area contributed by atoms with Crippen molar-refractivity contribution < 1.29 is 32.2 Å². The maximum absolute atomic E-state index is 14.7. The fraction of sp³-hybridized carbons (Fsp3) is 0.391. The summed E-state index contributed by atoms with van der Waals surface area (Å²) in [5, 5.41) is 2.92. The van der Waals surface area contributed by atoms with Gasteiger partial charge in [-0.3, -0.25) is 0 Å². The van der Waals surface area contributed by atoms with Gasteiger partial charge in [-0.05, 0) is 39.0 Å². The number of ether oxygens (including phenoxy) is 3. The van der Waals surface area contributed by atoms with E-state index in [0.717, 1.165) is 6.07 Å². The average molecular weight is 526 g/mol. The van der Waals surface area contributed by atoms with Crippen molar-refractivity contribution in [3.63, 3.8) is 0 Å². The molecule has 0 unspecified atom stereocenters. The van der Waals surface area contributed by atoms with E-state index in [0.29, 0.717) is 18.7 Å². The highest BCUT2D eigenvalue weighted by Crippen LogP contribution is 2.32. The van der Waals surface area contributed by atoms with E-state index in [2.05, 4.69) is 25.0 Å². The van der Waals surface area contributed by atoms with E-state index in [4.69, 9.17) is 21.1 Å². The standard InChI is InChI=1S/C23H23ClF3N5O4/c1-23(2,3)36-22(33)32-7-6-13(10-32)34-20-15(25)9-16-18(31-20)19(29-11-28-16)30-12-4-5-17(14(24)8-12)35-21(26)27/h4-5,8-9,11,13,21H,6-7,10H2,1-3H3,(H,28,29,30)/t13-/m0/s1. The van der Waals surface area contributed by atoms with Crippen molar-refractivity contribution >= 4 is 40.2 Å². The number of pyridine rings is 1. The van der Waals surface area contributed by atoms with Crippen LogP contribution in [0.15, 0.2) is 30.6 Å². The highest BCUT2D eigenvalue weighted by atomic mass is 35.5. The Balaban J connectivity index is 1.52. The predicted molar refractivity (Wildman–Crippen MR) is 125 cm³/mol. The second kappa shape index (κ2) is 10.2. The number of anilines is 2. The van der Waals surface area contributed by atoms with Gasteiger partial charge in [0.25, 0.3) is 5.88 Å². The minimum atomic E-state index is -3.01. The lowest BCUT2D eigenvalue weighted by molar-refractivity contribution is -0.0497. The summed E-state index contributed by atoms with van der Waals surface area (Å²) in [4.78, 5) is 26.2. The Bertz CT molecular complexity index is 1270. The summed E-state index contributed by atoms with van der Waals surface area (Å²) in [6.07, 6.45) is 0.737. The van der Waals surface area contributed by atoms with E-state index in [9.17, 15) is 18.0 Å². The Morgan fingerprint density at radius 3 is 2.72 bits per heavy atom. The van der Waals surface area contributed by atoms with Crippen molar-refractivity contribution in [2.24, 2.45) is 0 Å². The number of hydrogen-bond acceptors (Lipinski definition) is 8. The highest BCUT2D eigenvalue weighted by molar-refractivity contribution is 6.32. The first-order valence-corrected chi connectivity index (χ1v) is 11.3. The first-order chi connectivity index (χ1) is 17.0. The summed E-state index contributed by atoms with van der Waals surface area (Å²) in [6, 6.07) is 5.27. The Kier molecular flexibility index (Phi) is 7.25.